The lowest BCUT2D eigenvalue weighted by Crippen LogP contribution is -1.96. The predicted octanol–water partition coefficient (Wildman–Crippen LogP) is 3.32. The largest absolute Gasteiger partial charge is 0.454 e. The summed E-state index contributed by atoms with van der Waals surface area (Å²) >= 11 is 7.38. The van der Waals surface area contributed by atoms with Crippen LogP contribution in [0.1, 0.15) is 0 Å². The smallest absolute Gasteiger partial charge is 0.231 e. The zero-order chi connectivity index (χ0) is 13.2. The number of ether oxygens (including phenoxy) is 2. The van der Waals surface area contributed by atoms with Crippen molar-refractivity contribution in [3.63, 3.8) is 0 Å². The van der Waals surface area contributed by atoms with E-state index in [4.69, 9.17) is 21.1 Å². The highest BCUT2D eigenvalue weighted by Gasteiger charge is 2.13. The maximum absolute atomic E-state index is 5.94. The summed E-state index contributed by atoms with van der Waals surface area (Å²) in [5, 5.41) is 4.19. The molecule has 3 rings (SSSR count). The van der Waals surface area contributed by atoms with Gasteiger partial charge >= 0.3 is 0 Å². The molecule has 1 aromatic heterocycles. The Bertz CT molecular complexity index is 624. The molecular weight excluding hydrogens is 286 g/mol. The summed E-state index contributed by atoms with van der Waals surface area (Å²) in [4.78, 5) is 8.41. The molecule has 19 heavy (non-hydrogen) atoms. The van der Waals surface area contributed by atoms with Crippen molar-refractivity contribution in [1.29, 1.82) is 0 Å². The highest BCUT2D eigenvalue weighted by Crippen LogP contribution is 2.35. The number of nitrogens with one attached hydrogen (secondary N) is 1. The molecule has 0 radical (unpaired) electrons. The standard InChI is InChI=1S/C12H10ClN3O2S/c1-19-12-15-10(13)5-11(16-12)14-7-2-3-8-9(4-7)18-6-17-8/h2-5H,6H2,1H3,(H,14,15,16). The van der Waals surface area contributed by atoms with E-state index in [0.29, 0.717) is 16.1 Å². The molecule has 1 aliphatic rings. The summed E-state index contributed by atoms with van der Waals surface area (Å²) < 4.78 is 10.6. The molecule has 0 amide bonds. The van der Waals surface area contributed by atoms with Crippen LogP contribution in [0.2, 0.25) is 5.15 Å². The monoisotopic (exact) mass is 295 g/mol. The van der Waals surface area contributed by atoms with Crippen LogP contribution < -0.4 is 14.8 Å². The van der Waals surface area contributed by atoms with E-state index in [0.717, 1.165) is 17.2 Å². The van der Waals surface area contributed by atoms with Crippen molar-refractivity contribution < 1.29 is 9.47 Å². The number of nitrogens with zero attached hydrogens (tertiary/aromatic N) is 2. The van der Waals surface area contributed by atoms with E-state index in [2.05, 4.69) is 15.3 Å². The van der Waals surface area contributed by atoms with E-state index in [1.807, 2.05) is 24.5 Å². The number of halogens is 1. The van der Waals surface area contributed by atoms with E-state index >= 15 is 0 Å². The predicted molar refractivity (Wildman–Crippen MR) is 74.7 cm³/mol. The van der Waals surface area contributed by atoms with Crippen LogP contribution in [0.3, 0.4) is 0 Å². The van der Waals surface area contributed by atoms with Gasteiger partial charge in [0.1, 0.15) is 11.0 Å². The Morgan fingerprint density at radius 3 is 2.89 bits per heavy atom. The number of hydrogen-bond acceptors (Lipinski definition) is 6. The van der Waals surface area contributed by atoms with E-state index in [1.165, 1.54) is 11.8 Å². The minimum Gasteiger partial charge on any atom is -0.454 e. The summed E-state index contributed by atoms with van der Waals surface area (Å²) in [6, 6.07) is 7.27. The van der Waals surface area contributed by atoms with Gasteiger partial charge in [0.05, 0.1) is 0 Å². The minimum atomic E-state index is 0.259. The zero-order valence-corrected chi connectivity index (χ0v) is 11.6. The number of thioether (sulfide) groups is 1. The Morgan fingerprint density at radius 1 is 1.21 bits per heavy atom. The Balaban J connectivity index is 1.86. The van der Waals surface area contributed by atoms with Crippen LogP contribution in [0.5, 0.6) is 11.5 Å². The van der Waals surface area contributed by atoms with Gasteiger partial charge in [0.2, 0.25) is 6.79 Å². The summed E-state index contributed by atoms with van der Waals surface area (Å²) in [6.07, 6.45) is 1.90. The topological polar surface area (TPSA) is 56.3 Å². The third kappa shape index (κ3) is 2.69. The van der Waals surface area contributed by atoms with Crippen LogP contribution in [0.15, 0.2) is 29.4 Å². The highest BCUT2D eigenvalue weighted by atomic mass is 35.5. The molecule has 1 N–H and O–H groups in total. The van der Waals surface area contributed by atoms with E-state index in [1.54, 1.807) is 6.07 Å². The first-order valence-corrected chi connectivity index (χ1v) is 7.10. The SMILES string of the molecule is CSc1nc(Cl)cc(Nc2ccc3c(c2)OCO3)n1. The first-order valence-electron chi connectivity index (χ1n) is 5.50. The van der Waals surface area contributed by atoms with Gasteiger partial charge in [0.25, 0.3) is 0 Å². The van der Waals surface area contributed by atoms with Crippen LogP contribution in [-0.2, 0) is 0 Å². The number of anilines is 2. The fourth-order valence-corrected chi connectivity index (χ4v) is 2.29. The second-order valence-corrected chi connectivity index (χ2v) is 4.92. The Hall–Kier alpha value is -1.66. The molecule has 0 bridgehead atoms. The average Bonchev–Trinajstić information content (AvgIpc) is 2.85. The van der Waals surface area contributed by atoms with E-state index in [-0.39, 0.29) is 6.79 Å². The van der Waals surface area contributed by atoms with Crippen LogP contribution in [0.25, 0.3) is 0 Å². The molecule has 0 spiro atoms. The lowest BCUT2D eigenvalue weighted by molar-refractivity contribution is 0.174. The van der Waals surface area contributed by atoms with Crippen molar-refractivity contribution in [1.82, 2.24) is 9.97 Å². The maximum Gasteiger partial charge on any atom is 0.231 e. The number of aromatic nitrogens is 2. The number of hydrogen-bond donors (Lipinski definition) is 1. The number of rotatable bonds is 3. The lowest BCUT2D eigenvalue weighted by Gasteiger charge is -2.07. The van der Waals surface area contributed by atoms with E-state index in [9.17, 15) is 0 Å². The third-order valence-electron chi connectivity index (χ3n) is 2.50. The summed E-state index contributed by atoms with van der Waals surface area (Å²) in [5.41, 5.74) is 0.853. The average molecular weight is 296 g/mol. The number of fused-ring (bicyclic) bond motifs is 1. The highest BCUT2D eigenvalue weighted by molar-refractivity contribution is 7.98. The van der Waals surface area contributed by atoms with Gasteiger partial charge in [0.15, 0.2) is 16.7 Å². The zero-order valence-electron chi connectivity index (χ0n) is 10.0. The first kappa shape index (κ1) is 12.4. The molecule has 1 aliphatic heterocycles. The second kappa shape index (κ2) is 5.14. The normalized spacial score (nSPS) is 12.5. The van der Waals surface area contributed by atoms with Gasteiger partial charge in [-0.05, 0) is 18.4 Å². The van der Waals surface area contributed by atoms with Gasteiger partial charge in [-0.15, -0.1) is 0 Å². The van der Waals surface area contributed by atoms with Crippen molar-refractivity contribution in [2.24, 2.45) is 0 Å². The molecule has 0 fully saturated rings. The molecule has 0 atom stereocenters. The molecule has 1 aromatic carbocycles. The second-order valence-electron chi connectivity index (χ2n) is 3.76. The van der Waals surface area contributed by atoms with Gasteiger partial charge in [-0.3, -0.25) is 0 Å². The summed E-state index contributed by atoms with van der Waals surface area (Å²) in [6.45, 7) is 0.259. The van der Waals surface area contributed by atoms with Gasteiger partial charge in [0, 0.05) is 17.8 Å². The van der Waals surface area contributed by atoms with Gasteiger partial charge in [-0.1, -0.05) is 23.4 Å². The van der Waals surface area contributed by atoms with Crippen LogP contribution in [0, 0.1) is 0 Å². The molecule has 0 unspecified atom stereocenters. The fraction of sp³-hybridized carbons (Fsp3) is 0.167. The fourth-order valence-electron chi connectivity index (χ4n) is 1.67. The van der Waals surface area contributed by atoms with Gasteiger partial charge in [-0.25, -0.2) is 9.97 Å². The summed E-state index contributed by atoms with van der Waals surface area (Å²) in [7, 11) is 0. The van der Waals surface area contributed by atoms with E-state index < -0.39 is 0 Å². The number of benzene rings is 1. The van der Waals surface area contributed by atoms with Gasteiger partial charge in [-0.2, -0.15) is 0 Å². The molecule has 98 valence electrons. The molecule has 0 aliphatic carbocycles. The molecule has 0 saturated heterocycles. The molecular formula is C12H10ClN3O2S. The maximum atomic E-state index is 5.94. The summed E-state index contributed by atoms with van der Waals surface area (Å²) in [5.74, 6) is 2.11. The molecule has 2 heterocycles. The van der Waals surface area contributed by atoms with Crippen molar-refractivity contribution in [3.05, 3.63) is 29.4 Å². The van der Waals surface area contributed by atoms with Crippen molar-refractivity contribution >= 4 is 34.9 Å². The van der Waals surface area contributed by atoms with Crippen LogP contribution in [0.4, 0.5) is 11.5 Å². The Morgan fingerprint density at radius 2 is 2.05 bits per heavy atom. The quantitative estimate of drug-likeness (QED) is 0.532. The Labute approximate surface area is 119 Å². The van der Waals surface area contributed by atoms with Crippen LogP contribution in [-0.4, -0.2) is 23.0 Å². The van der Waals surface area contributed by atoms with Crippen molar-refractivity contribution in [2.75, 3.05) is 18.4 Å². The van der Waals surface area contributed by atoms with Crippen molar-refractivity contribution in [3.8, 4) is 11.5 Å². The molecule has 2 aromatic rings. The van der Waals surface area contributed by atoms with Crippen molar-refractivity contribution in [2.45, 2.75) is 5.16 Å². The Kier molecular flexibility index (Phi) is 3.35. The first-order chi connectivity index (χ1) is 9.24. The lowest BCUT2D eigenvalue weighted by atomic mass is 10.3. The molecule has 7 heteroatoms. The molecule has 5 nitrogen and oxygen atoms in total. The van der Waals surface area contributed by atoms with Gasteiger partial charge < -0.3 is 14.8 Å². The minimum absolute atomic E-state index is 0.259. The third-order valence-corrected chi connectivity index (χ3v) is 3.24. The van der Waals surface area contributed by atoms with Crippen LogP contribution >= 0.6 is 23.4 Å². The molecule has 0 saturated carbocycles.